The predicted molar refractivity (Wildman–Crippen MR) is 109 cm³/mol. The van der Waals surface area contributed by atoms with Gasteiger partial charge in [-0.25, -0.2) is 4.79 Å². The van der Waals surface area contributed by atoms with Crippen molar-refractivity contribution in [2.24, 2.45) is 10.9 Å². The van der Waals surface area contributed by atoms with Gasteiger partial charge in [-0.15, -0.1) is 0 Å². The van der Waals surface area contributed by atoms with E-state index in [9.17, 15) is 22.8 Å². The van der Waals surface area contributed by atoms with Crippen LogP contribution < -0.4 is 11.1 Å². The van der Waals surface area contributed by atoms with Crippen molar-refractivity contribution in [1.29, 1.82) is 0 Å². The maximum Gasteiger partial charge on any atom is 0.435 e. The first kappa shape index (κ1) is 22.9. The van der Waals surface area contributed by atoms with Gasteiger partial charge in [-0.2, -0.15) is 13.2 Å². The molecule has 1 aliphatic heterocycles. The van der Waals surface area contributed by atoms with Crippen LogP contribution in [-0.2, 0) is 10.4 Å². The van der Waals surface area contributed by atoms with Crippen LogP contribution in [0.25, 0.3) is 0 Å². The third-order valence-electron chi connectivity index (χ3n) is 5.09. The van der Waals surface area contributed by atoms with Crippen molar-refractivity contribution >= 4 is 40.9 Å². The summed E-state index contributed by atoms with van der Waals surface area (Å²) in [6.45, 7) is 3.22. The van der Waals surface area contributed by atoms with Crippen LogP contribution in [0.2, 0.25) is 10.0 Å². The molecule has 1 atom stereocenters. The maximum absolute atomic E-state index is 14.1. The summed E-state index contributed by atoms with van der Waals surface area (Å²) in [4.78, 5) is 28.0. The molecule has 6 nitrogen and oxygen atoms in total. The summed E-state index contributed by atoms with van der Waals surface area (Å²) in [5, 5.41) is 5.73. The molecule has 3 rings (SSSR count). The number of amides is 3. The molecule has 1 unspecified atom stereocenters. The summed E-state index contributed by atoms with van der Waals surface area (Å²) < 4.78 is 42.4. The molecule has 3 amide bonds. The molecule has 0 saturated carbocycles. The Morgan fingerprint density at radius 3 is 2.29 bits per heavy atom. The zero-order valence-electron chi connectivity index (χ0n) is 16.2. The Morgan fingerprint density at radius 2 is 1.74 bits per heavy atom. The van der Waals surface area contributed by atoms with Gasteiger partial charge in [0.05, 0.1) is 5.71 Å². The second-order valence-electron chi connectivity index (χ2n) is 7.02. The van der Waals surface area contributed by atoms with Crippen molar-refractivity contribution in [2.45, 2.75) is 32.0 Å². The van der Waals surface area contributed by atoms with E-state index >= 15 is 0 Å². The molecule has 1 aliphatic rings. The Hall–Kier alpha value is -2.78. The van der Waals surface area contributed by atoms with Crippen LogP contribution in [0.15, 0.2) is 35.5 Å². The van der Waals surface area contributed by atoms with Crippen LogP contribution in [0.4, 0.5) is 18.0 Å². The van der Waals surface area contributed by atoms with E-state index in [1.165, 1.54) is 18.2 Å². The highest BCUT2D eigenvalue weighted by molar-refractivity contribution is 6.34. The van der Waals surface area contributed by atoms with Crippen LogP contribution in [0, 0.1) is 13.8 Å². The molecule has 0 spiro atoms. The van der Waals surface area contributed by atoms with Crippen molar-refractivity contribution in [2.75, 3.05) is 0 Å². The van der Waals surface area contributed by atoms with Crippen molar-refractivity contribution in [3.05, 3.63) is 68.2 Å². The number of nitrogens with zero attached hydrogens (tertiary/aromatic N) is 1. The normalized spacial score (nSPS) is 18.4. The monoisotopic (exact) mass is 473 g/mol. The molecule has 2 aromatic carbocycles. The van der Waals surface area contributed by atoms with Gasteiger partial charge in [0.15, 0.2) is 0 Å². The highest BCUT2D eigenvalue weighted by Gasteiger charge is 2.62. The SMILES string of the molecule is Cc1c(C(=O)NC(N)=O)ccc(C2=NOC(c3cc(Cl)cc(Cl)c3)(C(F)(F)F)C2)c1C. The molecule has 2 aromatic rings. The highest BCUT2D eigenvalue weighted by atomic mass is 35.5. The fraction of sp³-hybridized carbons (Fsp3) is 0.250. The Labute approximate surface area is 185 Å². The fourth-order valence-electron chi connectivity index (χ4n) is 3.39. The van der Waals surface area contributed by atoms with Crippen molar-refractivity contribution < 1.29 is 27.6 Å². The van der Waals surface area contributed by atoms with E-state index in [1.54, 1.807) is 13.8 Å². The van der Waals surface area contributed by atoms with Crippen LogP contribution in [0.1, 0.15) is 39.0 Å². The molecule has 0 radical (unpaired) electrons. The third kappa shape index (κ3) is 4.20. The van der Waals surface area contributed by atoms with E-state index in [2.05, 4.69) is 5.16 Å². The minimum Gasteiger partial charge on any atom is -0.374 e. The van der Waals surface area contributed by atoms with E-state index in [0.717, 1.165) is 12.1 Å². The van der Waals surface area contributed by atoms with Crippen LogP contribution in [0.3, 0.4) is 0 Å². The largest absolute Gasteiger partial charge is 0.435 e. The number of alkyl halides is 3. The van der Waals surface area contributed by atoms with Crippen LogP contribution in [0.5, 0.6) is 0 Å². The van der Waals surface area contributed by atoms with Gasteiger partial charge in [-0.3, -0.25) is 10.1 Å². The van der Waals surface area contributed by atoms with Gasteiger partial charge in [0.1, 0.15) is 0 Å². The molecule has 11 heteroatoms. The van der Waals surface area contributed by atoms with E-state index < -0.39 is 30.1 Å². The lowest BCUT2D eigenvalue weighted by Crippen LogP contribution is -2.42. The van der Waals surface area contributed by atoms with Crippen molar-refractivity contribution in [3.8, 4) is 0 Å². The molecule has 0 aliphatic carbocycles. The molecule has 3 N–H and O–H groups in total. The number of nitrogens with one attached hydrogen (secondary N) is 1. The number of carbonyl (C=O) groups is 2. The summed E-state index contributed by atoms with van der Waals surface area (Å²) in [5.74, 6) is -0.720. The van der Waals surface area contributed by atoms with Crippen LogP contribution in [-0.4, -0.2) is 23.8 Å². The number of rotatable bonds is 3. The molecule has 0 saturated heterocycles. The Kier molecular flexibility index (Phi) is 5.94. The molecule has 1 heterocycles. The van der Waals surface area contributed by atoms with Gasteiger partial charge in [0.25, 0.3) is 11.5 Å². The second kappa shape index (κ2) is 8.05. The average molecular weight is 474 g/mol. The molecule has 0 fully saturated rings. The lowest BCUT2D eigenvalue weighted by molar-refractivity contribution is -0.275. The fourth-order valence-corrected chi connectivity index (χ4v) is 3.92. The van der Waals surface area contributed by atoms with Gasteiger partial charge in [0, 0.05) is 33.2 Å². The topological polar surface area (TPSA) is 93.8 Å². The quantitative estimate of drug-likeness (QED) is 0.656. The number of benzene rings is 2. The zero-order valence-corrected chi connectivity index (χ0v) is 17.7. The Morgan fingerprint density at radius 1 is 1.13 bits per heavy atom. The van der Waals surface area contributed by atoms with Crippen molar-refractivity contribution in [3.63, 3.8) is 0 Å². The molecular formula is C20H16Cl2F3N3O3. The minimum atomic E-state index is -4.82. The summed E-state index contributed by atoms with van der Waals surface area (Å²) >= 11 is 11.8. The number of carbonyl (C=O) groups excluding carboxylic acids is 2. The van der Waals surface area contributed by atoms with E-state index in [4.69, 9.17) is 33.8 Å². The molecule has 164 valence electrons. The van der Waals surface area contributed by atoms with Gasteiger partial charge < -0.3 is 10.6 Å². The van der Waals surface area contributed by atoms with Gasteiger partial charge in [-0.05, 0) is 49.2 Å². The second-order valence-corrected chi connectivity index (χ2v) is 7.89. The summed E-state index contributed by atoms with van der Waals surface area (Å²) in [5.41, 5.74) is 3.44. The van der Waals surface area contributed by atoms with Gasteiger partial charge >= 0.3 is 12.2 Å². The van der Waals surface area contributed by atoms with Crippen LogP contribution >= 0.6 is 23.2 Å². The Bertz CT molecular complexity index is 1100. The number of hydrogen-bond donors (Lipinski definition) is 2. The van der Waals surface area contributed by atoms with Gasteiger partial charge in [-0.1, -0.05) is 34.4 Å². The van der Waals surface area contributed by atoms with E-state index in [1.807, 2.05) is 5.32 Å². The molecule has 0 bridgehead atoms. The first-order valence-electron chi connectivity index (χ1n) is 8.85. The lowest BCUT2D eigenvalue weighted by Gasteiger charge is -2.29. The smallest absolute Gasteiger partial charge is 0.374 e. The standard InChI is InChI=1S/C20H16Cl2F3N3O3/c1-9-10(2)15(17(29)27-18(26)30)4-3-14(9)16-8-19(31-28-16,20(23,24)25)11-5-12(21)7-13(22)6-11/h3-7H,8H2,1-2H3,(H3,26,27,29,30). The number of hydrogen-bond acceptors (Lipinski definition) is 4. The summed E-state index contributed by atoms with van der Waals surface area (Å²) in [6, 6.07) is 5.38. The first-order valence-corrected chi connectivity index (χ1v) is 9.61. The Balaban J connectivity index is 2.02. The third-order valence-corrected chi connectivity index (χ3v) is 5.53. The number of primary amides is 1. The summed E-state index contributed by atoms with van der Waals surface area (Å²) in [7, 11) is 0. The van der Waals surface area contributed by atoms with E-state index in [-0.39, 0.29) is 26.9 Å². The minimum absolute atomic E-state index is 0.0278. The molecular weight excluding hydrogens is 458 g/mol. The molecule has 0 aromatic heterocycles. The van der Waals surface area contributed by atoms with Gasteiger partial charge in [0.2, 0.25) is 0 Å². The first-order chi connectivity index (χ1) is 14.4. The number of oxime groups is 1. The predicted octanol–water partition coefficient (Wildman–Crippen LogP) is 5.00. The number of urea groups is 1. The number of halogens is 5. The highest BCUT2D eigenvalue weighted by Crippen LogP contribution is 2.50. The van der Waals surface area contributed by atoms with Crippen molar-refractivity contribution in [1.82, 2.24) is 5.32 Å². The van der Waals surface area contributed by atoms with E-state index in [0.29, 0.717) is 16.7 Å². The lowest BCUT2D eigenvalue weighted by atomic mass is 9.85. The zero-order chi connectivity index (χ0) is 23.1. The number of imide groups is 1. The average Bonchev–Trinajstić information content (AvgIpc) is 3.09. The molecule has 31 heavy (non-hydrogen) atoms. The number of nitrogens with two attached hydrogens (primary N) is 1. The maximum atomic E-state index is 14.1. The summed E-state index contributed by atoms with van der Waals surface area (Å²) in [6.07, 6.45) is -5.45.